The first-order chi connectivity index (χ1) is 8.29. The SMILES string of the molecule is CCCOc1ccc(N2CCCC(N)C2)cc1. The van der Waals surface area contributed by atoms with Crippen molar-refractivity contribution in [3.63, 3.8) is 0 Å². The van der Waals surface area contributed by atoms with E-state index < -0.39 is 0 Å². The number of benzene rings is 1. The zero-order valence-corrected chi connectivity index (χ0v) is 10.6. The number of hydrogen-bond acceptors (Lipinski definition) is 3. The van der Waals surface area contributed by atoms with E-state index in [4.69, 9.17) is 10.5 Å². The van der Waals surface area contributed by atoms with E-state index in [0.717, 1.165) is 38.3 Å². The van der Waals surface area contributed by atoms with Gasteiger partial charge in [-0.15, -0.1) is 0 Å². The lowest BCUT2D eigenvalue weighted by Crippen LogP contribution is -2.42. The first-order valence-corrected chi connectivity index (χ1v) is 6.53. The predicted octanol–water partition coefficient (Wildman–Crippen LogP) is 2.40. The lowest BCUT2D eigenvalue weighted by molar-refractivity contribution is 0.317. The van der Waals surface area contributed by atoms with Crippen LogP contribution in [-0.4, -0.2) is 25.7 Å². The van der Waals surface area contributed by atoms with Gasteiger partial charge in [-0.05, 0) is 43.5 Å². The second-order valence-electron chi connectivity index (χ2n) is 4.69. The number of anilines is 1. The lowest BCUT2D eigenvalue weighted by atomic mass is 10.1. The van der Waals surface area contributed by atoms with Gasteiger partial charge in [0, 0.05) is 24.8 Å². The van der Waals surface area contributed by atoms with Crippen LogP contribution in [0.4, 0.5) is 5.69 Å². The molecule has 1 heterocycles. The second kappa shape index (κ2) is 5.92. The van der Waals surface area contributed by atoms with Gasteiger partial charge in [-0.25, -0.2) is 0 Å². The Bertz CT molecular complexity index is 337. The minimum atomic E-state index is 0.319. The van der Waals surface area contributed by atoms with Crippen molar-refractivity contribution >= 4 is 5.69 Å². The van der Waals surface area contributed by atoms with Crippen molar-refractivity contribution in [3.8, 4) is 5.75 Å². The largest absolute Gasteiger partial charge is 0.494 e. The van der Waals surface area contributed by atoms with Crippen LogP contribution in [0.2, 0.25) is 0 Å². The fraction of sp³-hybridized carbons (Fsp3) is 0.571. The maximum atomic E-state index is 5.99. The number of ether oxygens (including phenoxy) is 1. The molecule has 1 aliphatic rings. The van der Waals surface area contributed by atoms with E-state index in [0.29, 0.717) is 6.04 Å². The van der Waals surface area contributed by atoms with Crippen LogP contribution >= 0.6 is 0 Å². The summed E-state index contributed by atoms with van der Waals surface area (Å²) in [6.07, 6.45) is 3.38. The number of rotatable bonds is 4. The first kappa shape index (κ1) is 12.2. The zero-order chi connectivity index (χ0) is 12.1. The maximum absolute atomic E-state index is 5.99. The van der Waals surface area contributed by atoms with Crippen molar-refractivity contribution in [2.24, 2.45) is 5.73 Å². The molecule has 1 aromatic carbocycles. The Morgan fingerprint density at radius 1 is 1.35 bits per heavy atom. The maximum Gasteiger partial charge on any atom is 0.119 e. The van der Waals surface area contributed by atoms with Crippen molar-refractivity contribution in [1.82, 2.24) is 0 Å². The molecule has 0 radical (unpaired) electrons. The Kier molecular flexibility index (Phi) is 4.26. The van der Waals surface area contributed by atoms with Crippen LogP contribution in [0, 0.1) is 0 Å². The summed E-state index contributed by atoms with van der Waals surface area (Å²) < 4.78 is 5.58. The Balaban J connectivity index is 1.96. The van der Waals surface area contributed by atoms with Crippen molar-refractivity contribution in [3.05, 3.63) is 24.3 Å². The minimum absolute atomic E-state index is 0.319. The number of nitrogens with zero attached hydrogens (tertiary/aromatic N) is 1. The third kappa shape index (κ3) is 3.37. The highest BCUT2D eigenvalue weighted by molar-refractivity contribution is 5.49. The van der Waals surface area contributed by atoms with Crippen LogP contribution in [0.5, 0.6) is 5.75 Å². The number of piperidine rings is 1. The third-order valence-electron chi connectivity index (χ3n) is 3.13. The molecule has 1 atom stereocenters. The van der Waals surface area contributed by atoms with Gasteiger partial charge in [-0.1, -0.05) is 6.92 Å². The molecule has 2 N–H and O–H groups in total. The molecule has 0 aromatic heterocycles. The van der Waals surface area contributed by atoms with Crippen molar-refractivity contribution in [2.45, 2.75) is 32.2 Å². The summed E-state index contributed by atoms with van der Waals surface area (Å²) in [5.74, 6) is 0.955. The highest BCUT2D eigenvalue weighted by Gasteiger charge is 2.16. The molecule has 0 bridgehead atoms. The molecule has 1 aliphatic heterocycles. The molecule has 0 spiro atoms. The molecule has 3 nitrogen and oxygen atoms in total. The summed E-state index contributed by atoms with van der Waals surface area (Å²) in [4.78, 5) is 2.36. The van der Waals surface area contributed by atoms with E-state index in [2.05, 4.69) is 24.0 Å². The van der Waals surface area contributed by atoms with Crippen LogP contribution in [0.3, 0.4) is 0 Å². The molecule has 2 rings (SSSR count). The smallest absolute Gasteiger partial charge is 0.119 e. The first-order valence-electron chi connectivity index (χ1n) is 6.53. The van der Waals surface area contributed by atoms with E-state index in [1.807, 2.05) is 12.1 Å². The second-order valence-corrected chi connectivity index (χ2v) is 4.69. The van der Waals surface area contributed by atoms with E-state index >= 15 is 0 Å². The quantitative estimate of drug-likeness (QED) is 0.869. The van der Waals surface area contributed by atoms with Crippen molar-refractivity contribution in [1.29, 1.82) is 0 Å². The molecule has 94 valence electrons. The van der Waals surface area contributed by atoms with Crippen LogP contribution in [0.1, 0.15) is 26.2 Å². The van der Waals surface area contributed by atoms with Gasteiger partial charge < -0.3 is 15.4 Å². The average molecular weight is 234 g/mol. The highest BCUT2D eigenvalue weighted by Crippen LogP contribution is 2.22. The Morgan fingerprint density at radius 3 is 2.76 bits per heavy atom. The van der Waals surface area contributed by atoms with Crippen LogP contribution < -0.4 is 15.4 Å². The molecule has 1 aromatic rings. The van der Waals surface area contributed by atoms with E-state index in [-0.39, 0.29) is 0 Å². The minimum Gasteiger partial charge on any atom is -0.494 e. The molecule has 17 heavy (non-hydrogen) atoms. The van der Waals surface area contributed by atoms with Crippen LogP contribution in [-0.2, 0) is 0 Å². The van der Waals surface area contributed by atoms with Gasteiger partial charge in [0.05, 0.1) is 6.61 Å². The summed E-state index contributed by atoms with van der Waals surface area (Å²) >= 11 is 0. The molecule has 1 saturated heterocycles. The Labute approximate surface area is 104 Å². The normalized spacial score (nSPS) is 20.4. The summed E-state index contributed by atoms with van der Waals surface area (Å²) in [6, 6.07) is 8.67. The van der Waals surface area contributed by atoms with E-state index in [9.17, 15) is 0 Å². The Morgan fingerprint density at radius 2 is 2.12 bits per heavy atom. The highest BCUT2D eigenvalue weighted by atomic mass is 16.5. The van der Waals surface area contributed by atoms with Crippen LogP contribution in [0.15, 0.2) is 24.3 Å². The molecular weight excluding hydrogens is 212 g/mol. The van der Waals surface area contributed by atoms with Gasteiger partial charge in [0.15, 0.2) is 0 Å². The zero-order valence-electron chi connectivity index (χ0n) is 10.6. The van der Waals surface area contributed by atoms with Gasteiger partial charge in [-0.3, -0.25) is 0 Å². The molecule has 1 fully saturated rings. The molecular formula is C14H22N2O. The molecule has 0 amide bonds. The fourth-order valence-corrected chi connectivity index (χ4v) is 2.22. The standard InChI is InChI=1S/C14H22N2O/c1-2-10-17-14-7-5-13(6-8-14)16-9-3-4-12(15)11-16/h5-8,12H,2-4,9-11,15H2,1H3. The number of hydrogen-bond donors (Lipinski definition) is 1. The summed E-state index contributed by atoms with van der Waals surface area (Å²) in [5, 5.41) is 0. The third-order valence-corrected chi connectivity index (χ3v) is 3.13. The monoisotopic (exact) mass is 234 g/mol. The van der Waals surface area contributed by atoms with Crippen LogP contribution in [0.25, 0.3) is 0 Å². The topological polar surface area (TPSA) is 38.5 Å². The van der Waals surface area contributed by atoms with Gasteiger partial charge >= 0.3 is 0 Å². The molecule has 1 unspecified atom stereocenters. The summed E-state index contributed by atoms with van der Waals surface area (Å²) in [7, 11) is 0. The van der Waals surface area contributed by atoms with Gasteiger partial charge in [0.1, 0.15) is 5.75 Å². The van der Waals surface area contributed by atoms with Gasteiger partial charge in [-0.2, -0.15) is 0 Å². The lowest BCUT2D eigenvalue weighted by Gasteiger charge is -2.32. The number of nitrogens with two attached hydrogens (primary N) is 1. The Hall–Kier alpha value is -1.22. The van der Waals surface area contributed by atoms with Crippen molar-refractivity contribution in [2.75, 3.05) is 24.6 Å². The molecule has 3 heteroatoms. The predicted molar refractivity (Wildman–Crippen MR) is 71.7 cm³/mol. The van der Waals surface area contributed by atoms with Gasteiger partial charge in [0.25, 0.3) is 0 Å². The average Bonchev–Trinajstić information content (AvgIpc) is 2.37. The molecule has 0 aliphatic carbocycles. The summed E-state index contributed by atoms with van der Waals surface area (Å²) in [5.41, 5.74) is 7.25. The molecule has 0 saturated carbocycles. The van der Waals surface area contributed by atoms with Crippen molar-refractivity contribution < 1.29 is 4.74 Å². The fourth-order valence-electron chi connectivity index (χ4n) is 2.22. The summed E-state index contributed by atoms with van der Waals surface area (Å²) in [6.45, 7) is 4.98. The van der Waals surface area contributed by atoms with E-state index in [1.54, 1.807) is 0 Å². The van der Waals surface area contributed by atoms with Gasteiger partial charge in [0.2, 0.25) is 0 Å². The van der Waals surface area contributed by atoms with E-state index in [1.165, 1.54) is 12.1 Å².